The number of nitrogens with zero attached hydrogens (tertiary/aromatic N) is 3. The Labute approximate surface area is 170 Å². The summed E-state index contributed by atoms with van der Waals surface area (Å²) in [4.78, 5) is 14.5. The van der Waals surface area contributed by atoms with Gasteiger partial charge in [-0.05, 0) is 35.9 Å². The molecule has 1 fully saturated rings. The molecule has 0 bridgehead atoms. The Bertz CT molecular complexity index is 958. The van der Waals surface area contributed by atoms with Crippen molar-refractivity contribution in [2.24, 2.45) is 0 Å². The summed E-state index contributed by atoms with van der Waals surface area (Å²) in [5, 5.41) is 7.24. The van der Waals surface area contributed by atoms with E-state index >= 15 is 0 Å². The van der Waals surface area contributed by atoms with Gasteiger partial charge in [-0.2, -0.15) is 5.10 Å². The maximum atomic E-state index is 12.2. The van der Waals surface area contributed by atoms with Gasteiger partial charge in [0.05, 0.1) is 26.0 Å². The molecule has 6 heteroatoms. The first-order chi connectivity index (χ1) is 14.3. The molecule has 1 amide bonds. The zero-order valence-corrected chi connectivity index (χ0v) is 16.2. The van der Waals surface area contributed by atoms with Gasteiger partial charge in [0.15, 0.2) is 0 Å². The number of nitrogens with one attached hydrogen (secondary N) is 1. The van der Waals surface area contributed by atoms with Crippen molar-refractivity contribution < 1.29 is 9.53 Å². The SMILES string of the molecule is O=C(C=Cc1cnn(Cc2ccccc2)c1)Nc1ccc(N2CCOCC2)cc1. The van der Waals surface area contributed by atoms with Crippen molar-refractivity contribution in [2.45, 2.75) is 6.54 Å². The largest absolute Gasteiger partial charge is 0.378 e. The molecule has 4 rings (SSSR count). The third kappa shape index (κ3) is 5.33. The van der Waals surface area contributed by atoms with Gasteiger partial charge in [0.1, 0.15) is 0 Å². The third-order valence-electron chi connectivity index (χ3n) is 4.78. The van der Waals surface area contributed by atoms with Gasteiger partial charge in [0.2, 0.25) is 5.91 Å². The summed E-state index contributed by atoms with van der Waals surface area (Å²) in [6.07, 6.45) is 6.98. The lowest BCUT2D eigenvalue weighted by atomic mass is 10.2. The summed E-state index contributed by atoms with van der Waals surface area (Å²) in [5.41, 5.74) is 3.99. The van der Waals surface area contributed by atoms with Gasteiger partial charge >= 0.3 is 0 Å². The van der Waals surface area contributed by atoms with E-state index in [2.05, 4.69) is 27.4 Å². The number of ether oxygens (including phenoxy) is 1. The Morgan fingerprint density at radius 1 is 1.07 bits per heavy atom. The van der Waals surface area contributed by atoms with Crippen LogP contribution in [0, 0.1) is 0 Å². The molecule has 1 aliphatic rings. The van der Waals surface area contributed by atoms with E-state index in [1.165, 1.54) is 11.6 Å². The fourth-order valence-electron chi connectivity index (χ4n) is 3.26. The lowest BCUT2D eigenvalue weighted by Crippen LogP contribution is -2.36. The lowest BCUT2D eigenvalue weighted by Gasteiger charge is -2.28. The maximum absolute atomic E-state index is 12.2. The molecule has 0 spiro atoms. The molecule has 2 aromatic carbocycles. The van der Waals surface area contributed by atoms with E-state index < -0.39 is 0 Å². The normalized spacial score (nSPS) is 14.3. The highest BCUT2D eigenvalue weighted by atomic mass is 16.5. The van der Waals surface area contributed by atoms with Crippen LogP contribution in [0.2, 0.25) is 0 Å². The smallest absolute Gasteiger partial charge is 0.248 e. The summed E-state index contributed by atoms with van der Waals surface area (Å²) in [5.74, 6) is -0.167. The molecule has 2 heterocycles. The first kappa shape index (κ1) is 19.0. The Kier molecular flexibility index (Phi) is 6.02. The highest BCUT2D eigenvalue weighted by molar-refractivity contribution is 6.01. The van der Waals surface area contributed by atoms with Crippen LogP contribution >= 0.6 is 0 Å². The second-order valence-corrected chi connectivity index (χ2v) is 6.93. The van der Waals surface area contributed by atoms with Gasteiger partial charge in [-0.1, -0.05) is 30.3 Å². The number of morpholine rings is 1. The molecular weight excluding hydrogens is 364 g/mol. The van der Waals surface area contributed by atoms with E-state index in [9.17, 15) is 4.79 Å². The number of anilines is 2. The summed E-state index contributed by atoms with van der Waals surface area (Å²) < 4.78 is 7.24. The average Bonchev–Trinajstić information content (AvgIpc) is 3.21. The molecule has 0 atom stereocenters. The van der Waals surface area contributed by atoms with Crippen molar-refractivity contribution in [3.05, 3.63) is 84.2 Å². The van der Waals surface area contributed by atoms with E-state index in [0.717, 1.165) is 43.2 Å². The van der Waals surface area contributed by atoms with Crippen LogP contribution in [-0.4, -0.2) is 42.0 Å². The molecule has 0 saturated carbocycles. The predicted molar refractivity (Wildman–Crippen MR) is 115 cm³/mol. The minimum absolute atomic E-state index is 0.167. The van der Waals surface area contributed by atoms with Crippen molar-refractivity contribution in [3.63, 3.8) is 0 Å². The second kappa shape index (κ2) is 9.21. The quantitative estimate of drug-likeness (QED) is 0.658. The van der Waals surface area contributed by atoms with Crippen LogP contribution in [-0.2, 0) is 16.1 Å². The topological polar surface area (TPSA) is 59.4 Å². The Hall–Kier alpha value is -3.38. The molecule has 29 heavy (non-hydrogen) atoms. The molecule has 3 aromatic rings. The zero-order valence-electron chi connectivity index (χ0n) is 16.2. The fourth-order valence-corrected chi connectivity index (χ4v) is 3.26. The number of amides is 1. The first-order valence-electron chi connectivity index (χ1n) is 9.74. The average molecular weight is 388 g/mol. The highest BCUT2D eigenvalue weighted by Crippen LogP contribution is 2.19. The maximum Gasteiger partial charge on any atom is 0.248 e. The summed E-state index contributed by atoms with van der Waals surface area (Å²) >= 11 is 0. The van der Waals surface area contributed by atoms with Gasteiger partial charge in [0, 0.05) is 42.3 Å². The number of hydrogen-bond acceptors (Lipinski definition) is 4. The predicted octanol–water partition coefficient (Wildman–Crippen LogP) is 3.42. The number of benzene rings is 2. The van der Waals surface area contributed by atoms with Crippen LogP contribution in [0.25, 0.3) is 6.08 Å². The van der Waals surface area contributed by atoms with Crippen LogP contribution < -0.4 is 10.2 Å². The Morgan fingerprint density at radius 2 is 1.83 bits per heavy atom. The van der Waals surface area contributed by atoms with Gasteiger partial charge in [-0.3, -0.25) is 9.48 Å². The molecule has 1 saturated heterocycles. The summed E-state index contributed by atoms with van der Waals surface area (Å²) in [6.45, 7) is 4.01. The number of aromatic nitrogens is 2. The van der Waals surface area contributed by atoms with E-state index in [0.29, 0.717) is 6.54 Å². The van der Waals surface area contributed by atoms with E-state index in [1.54, 1.807) is 12.3 Å². The molecule has 148 valence electrons. The van der Waals surface area contributed by atoms with Crippen LogP contribution in [0.15, 0.2) is 73.1 Å². The monoisotopic (exact) mass is 388 g/mol. The van der Waals surface area contributed by atoms with Crippen LogP contribution in [0.5, 0.6) is 0 Å². The van der Waals surface area contributed by atoms with Crippen molar-refractivity contribution >= 4 is 23.4 Å². The standard InChI is InChI=1S/C23H24N4O2/c28-23(25-21-7-9-22(10-8-21)26-12-14-29-15-13-26)11-6-20-16-24-27(18-20)17-19-4-2-1-3-5-19/h1-11,16,18H,12-15,17H2,(H,25,28). The number of hydrogen-bond donors (Lipinski definition) is 1. The number of carbonyl (C=O) groups excluding carboxylic acids is 1. The van der Waals surface area contributed by atoms with Crippen molar-refractivity contribution in [2.75, 3.05) is 36.5 Å². The van der Waals surface area contributed by atoms with Gasteiger partial charge in [0.25, 0.3) is 0 Å². The number of rotatable bonds is 6. The van der Waals surface area contributed by atoms with Gasteiger partial charge in [-0.25, -0.2) is 0 Å². The van der Waals surface area contributed by atoms with E-state index in [-0.39, 0.29) is 5.91 Å². The summed E-state index contributed by atoms with van der Waals surface area (Å²) in [6, 6.07) is 18.0. The number of carbonyl (C=O) groups is 1. The van der Waals surface area contributed by atoms with Crippen molar-refractivity contribution in [1.82, 2.24) is 9.78 Å². The molecule has 0 aliphatic carbocycles. The van der Waals surface area contributed by atoms with Gasteiger partial charge in [-0.15, -0.1) is 0 Å². The zero-order chi connectivity index (χ0) is 19.9. The fraction of sp³-hybridized carbons (Fsp3) is 0.217. The highest BCUT2D eigenvalue weighted by Gasteiger charge is 2.10. The third-order valence-corrected chi connectivity index (χ3v) is 4.78. The van der Waals surface area contributed by atoms with Crippen molar-refractivity contribution in [3.8, 4) is 0 Å². The minimum Gasteiger partial charge on any atom is -0.378 e. The molecular formula is C23H24N4O2. The molecule has 6 nitrogen and oxygen atoms in total. The van der Waals surface area contributed by atoms with Crippen LogP contribution in [0.1, 0.15) is 11.1 Å². The van der Waals surface area contributed by atoms with Crippen molar-refractivity contribution in [1.29, 1.82) is 0 Å². The molecule has 1 aromatic heterocycles. The Morgan fingerprint density at radius 3 is 2.59 bits per heavy atom. The molecule has 0 radical (unpaired) electrons. The molecule has 1 aliphatic heterocycles. The van der Waals surface area contributed by atoms with Gasteiger partial charge < -0.3 is 15.0 Å². The van der Waals surface area contributed by atoms with E-state index in [1.807, 2.05) is 53.3 Å². The molecule has 1 N–H and O–H groups in total. The lowest BCUT2D eigenvalue weighted by molar-refractivity contribution is -0.111. The molecule has 0 unspecified atom stereocenters. The second-order valence-electron chi connectivity index (χ2n) is 6.93. The minimum atomic E-state index is -0.167. The van der Waals surface area contributed by atoms with Crippen LogP contribution in [0.4, 0.5) is 11.4 Å². The first-order valence-corrected chi connectivity index (χ1v) is 9.74. The van der Waals surface area contributed by atoms with Crippen LogP contribution in [0.3, 0.4) is 0 Å². The summed E-state index contributed by atoms with van der Waals surface area (Å²) in [7, 11) is 0. The Balaban J connectivity index is 1.30. The van der Waals surface area contributed by atoms with E-state index in [4.69, 9.17) is 4.74 Å².